The fourth-order valence-electron chi connectivity index (χ4n) is 0.994. The fourth-order valence-corrected chi connectivity index (χ4v) is 0.994. The molecule has 0 amide bonds. The second kappa shape index (κ2) is 5.50. The summed E-state index contributed by atoms with van der Waals surface area (Å²) in [6.07, 6.45) is -1.01. The van der Waals surface area contributed by atoms with Crippen LogP contribution in [0.3, 0.4) is 0 Å². The second-order valence-corrected chi connectivity index (χ2v) is 2.85. The van der Waals surface area contributed by atoms with Gasteiger partial charge in [-0.3, -0.25) is 9.59 Å². The van der Waals surface area contributed by atoms with Gasteiger partial charge in [-0.2, -0.15) is 0 Å². The third-order valence-electron chi connectivity index (χ3n) is 1.69. The first-order valence-electron chi connectivity index (χ1n) is 4.08. The van der Waals surface area contributed by atoms with Crippen molar-refractivity contribution >= 4 is 11.9 Å². The van der Waals surface area contributed by atoms with Crippen LogP contribution in [-0.4, -0.2) is 28.3 Å². The fraction of sp³-hybridized carbons (Fsp3) is 0.750. The molecule has 0 fully saturated rings. The van der Waals surface area contributed by atoms with Crippen molar-refractivity contribution in [2.45, 2.75) is 32.4 Å². The number of aliphatic carboxylic acids is 2. The molecule has 0 aromatic rings. The standard InChI is InChI=1S/C8H13FO4/c1-2-3-5(9)4-6(7(10)11)8(12)13/h5-6H,2-4H2,1H3,(H,10,11)(H,12,13). The number of hydrogen-bond acceptors (Lipinski definition) is 2. The van der Waals surface area contributed by atoms with Crippen molar-refractivity contribution < 1.29 is 24.2 Å². The van der Waals surface area contributed by atoms with Crippen molar-refractivity contribution in [3.8, 4) is 0 Å². The van der Waals surface area contributed by atoms with Crippen LogP contribution in [0.15, 0.2) is 0 Å². The normalized spacial score (nSPS) is 12.8. The van der Waals surface area contributed by atoms with Gasteiger partial charge in [0.05, 0.1) is 0 Å². The number of halogens is 1. The van der Waals surface area contributed by atoms with E-state index in [2.05, 4.69) is 0 Å². The van der Waals surface area contributed by atoms with Crippen molar-refractivity contribution in [2.24, 2.45) is 5.92 Å². The predicted octanol–water partition coefficient (Wildman–Crippen LogP) is 1.30. The molecule has 0 heterocycles. The summed E-state index contributed by atoms with van der Waals surface area (Å²) < 4.78 is 12.8. The van der Waals surface area contributed by atoms with Gasteiger partial charge in [-0.15, -0.1) is 0 Å². The highest BCUT2D eigenvalue weighted by Gasteiger charge is 2.28. The highest BCUT2D eigenvalue weighted by molar-refractivity contribution is 5.92. The van der Waals surface area contributed by atoms with Gasteiger partial charge in [0.1, 0.15) is 6.17 Å². The Balaban J connectivity index is 4.10. The lowest BCUT2D eigenvalue weighted by atomic mass is 10.0. The van der Waals surface area contributed by atoms with E-state index in [1.165, 1.54) is 0 Å². The molecule has 0 aliphatic carbocycles. The molecule has 0 aromatic heterocycles. The third kappa shape index (κ3) is 4.45. The Morgan fingerprint density at radius 1 is 1.31 bits per heavy atom. The zero-order valence-corrected chi connectivity index (χ0v) is 7.36. The van der Waals surface area contributed by atoms with E-state index >= 15 is 0 Å². The lowest BCUT2D eigenvalue weighted by Gasteiger charge is -2.10. The highest BCUT2D eigenvalue weighted by atomic mass is 19.1. The molecule has 76 valence electrons. The van der Waals surface area contributed by atoms with Crippen molar-refractivity contribution in [2.75, 3.05) is 0 Å². The minimum atomic E-state index is -1.62. The lowest BCUT2D eigenvalue weighted by Crippen LogP contribution is -2.26. The first-order valence-corrected chi connectivity index (χ1v) is 4.08. The van der Waals surface area contributed by atoms with E-state index in [4.69, 9.17) is 10.2 Å². The summed E-state index contributed by atoms with van der Waals surface area (Å²) in [5.41, 5.74) is 0. The van der Waals surface area contributed by atoms with Crippen molar-refractivity contribution in [1.29, 1.82) is 0 Å². The topological polar surface area (TPSA) is 74.6 Å². The molecule has 4 nitrogen and oxygen atoms in total. The molecule has 2 N–H and O–H groups in total. The zero-order chi connectivity index (χ0) is 10.4. The quantitative estimate of drug-likeness (QED) is 0.622. The van der Waals surface area contributed by atoms with Crippen molar-refractivity contribution in [3.63, 3.8) is 0 Å². The molecule has 1 unspecified atom stereocenters. The van der Waals surface area contributed by atoms with E-state index in [1.807, 2.05) is 0 Å². The highest BCUT2D eigenvalue weighted by Crippen LogP contribution is 2.14. The molecule has 13 heavy (non-hydrogen) atoms. The third-order valence-corrected chi connectivity index (χ3v) is 1.69. The summed E-state index contributed by atoms with van der Waals surface area (Å²) in [4.78, 5) is 20.7. The maximum absolute atomic E-state index is 12.8. The average Bonchev–Trinajstić information content (AvgIpc) is 1.99. The Bertz CT molecular complexity index is 179. The molecule has 5 heteroatoms. The summed E-state index contributed by atoms with van der Waals surface area (Å²) in [6, 6.07) is 0. The monoisotopic (exact) mass is 192 g/mol. The number of hydrogen-bond donors (Lipinski definition) is 2. The van der Waals surface area contributed by atoms with Crippen LogP contribution in [-0.2, 0) is 9.59 Å². The van der Waals surface area contributed by atoms with Gasteiger partial charge in [-0.25, -0.2) is 4.39 Å². The Kier molecular flexibility index (Phi) is 5.03. The first kappa shape index (κ1) is 11.9. The smallest absolute Gasteiger partial charge is 0.317 e. The van der Waals surface area contributed by atoms with Crippen LogP contribution < -0.4 is 0 Å². The number of alkyl halides is 1. The summed E-state index contributed by atoms with van der Waals surface area (Å²) in [7, 11) is 0. The van der Waals surface area contributed by atoms with E-state index in [1.54, 1.807) is 6.92 Å². The Morgan fingerprint density at radius 3 is 2.08 bits per heavy atom. The van der Waals surface area contributed by atoms with Crippen LogP contribution in [0.5, 0.6) is 0 Å². The van der Waals surface area contributed by atoms with E-state index in [-0.39, 0.29) is 6.42 Å². The molecule has 0 aromatic carbocycles. The maximum atomic E-state index is 12.8. The molecule has 0 aliphatic heterocycles. The predicted molar refractivity (Wildman–Crippen MR) is 43.2 cm³/mol. The second-order valence-electron chi connectivity index (χ2n) is 2.85. The van der Waals surface area contributed by atoms with Crippen LogP contribution in [0.25, 0.3) is 0 Å². The van der Waals surface area contributed by atoms with Gasteiger partial charge >= 0.3 is 11.9 Å². The van der Waals surface area contributed by atoms with Crippen LogP contribution in [0.1, 0.15) is 26.2 Å². The number of rotatable bonds is 6. The zero-order valence-electron chi connectivity index (χ0n) is 7.36. The molecule has 1 atom stereocenters. The van der Waals surface area contributed by atoms with Crippen LogP contribution in [0, 0.1) is 5.92 Å². The summed E-state index contributed by atoms with van der Waals surface area (Å²) in [5.74, 6) is -4.58. The molecule has 0 aliphatic rings. The number of carboxylic acids is 2. The maximum Gasteiger partial charge on any atom is 0.317 e. The largest absolute Gasteiger partial charge is 0.481 e. The first-order chi connectivity index (χ1) is 5.99. The summed E-state index contributed by atoms with van der Waals surface area (Å²) in [6.45, 7) is 1.75. The van der Waals surface area contributed by atoms with E-state index in [0.29, 0.717) is 6.42 Å². The van der Waals surface area contributed by atoms with Crippen molar-refractivity contribution in [3.05, 3.63) is 0 Å². The van der Waals surface area contributed by atoms with Gasteiger partial charge < -0.3 is 10.2 Å². The molecular formula is C8H13FO4. The van der Waals surface area contributed by atoms with Gasteiger partial charge in [0, 0.05) is 6.42 Å². The van der Waals surface area contributed by atoms with Gasteiger partial charge in [-0.1, -0.05) is 13.3 Å². The van der Waals surface area contributed by atoms with Crippen LogP contribution in [0.4, 0.5) is 4.39 Å². The molecular weight excluding hydrogens is 179 g/mol. The minimum Gasteiger partial charge on any atom is -0.481 e. The van der Waals surface area contributed by atoms with Crippen LogP contribution in [0.2, 0.25) is 0 Å². The molecule has 0 saturated heterocycles. The van der Waals surface area contributed by atoms with Gasteiger partial charge in [0.15, 0.2) is 5.92 Å². The Hall–Kier alpha value is -1.13. The Labute approximate surface area is 75.4 Å². The molecule has 0 radical (unpaired) electrons. The SMILES string of the molecule is CCCC(F)CC(C(=O)O)C(=O)O. The molecule has 0 bridgehead atoms. The lowest BCUT2D eigenvalue weighted by molar-refractivity contribution is -0.155. The van der Waals surface area contributed by atoms with E-state index in [0.717, 1.165) is 0 Å². The molecule has 0 saturated carbocycles. The number of carbonyl (C=O) groups is 2. The van der Waals surface area contributed by atoms with Gasteiger partial charge in [0.2, 0.25) is 0 Å². The van der Waals surface area contributed by atoms with E-state index in [9.17, 15) is 14.0 Å². The summed E-state index contributed by atoms with van der Waals surface area (Å²) in [5, 5.41) is 16.8. The van der Waals surface area contributed by atoms with Crippen LogP contribution >= 0.6 is 0 Å². The van der Waals surface area contributed by atoms with E-state index < -0.39 is 30.4 Å². The molecule has 0 spiro atoms. The van der Waals surface area contributed by atoms with Gasteiger partial charge in [-0.05, 0) is 6.42 Å². The van der Waals surface area contributed by atoms with Crippen molar-refractivity contribution in [1.82, 2.24) is 0 Å². The van der Waals surface area contributed by atoms with Gasteiger partial charge in [0.25, 0.3) is 0 Å². The Morgan fingerprint density at radius 2 is 1.77 bits per heavy atom. The number of carboxylic acid groups (broad SMARTS) is 2. The average molecular weight is 192 g/mol. The minimum absolute atomic E-state index is 0.205. The summed E-state index contributed by atoms with van der Waals surface area (Å²) >= 11 is 0. The molecule has 0 rings (SSSR count).